The first-order valence-corrected chi connectivity index (χ1v) is 11.1. The third-order valence-corrected chi connectivity index (χ3v) is 6.81. The monoisotopic (exact) mass is 367 g/mol. The van der Waals surface area contributed by atoms with Gasteiger partial charge in [-0.2, -0.15) is 0 Å². The fourth-order valence-corrected chi connectivity index (χ4v) is 5.07. The van der Waals surface area contributed by atoms with E-state index in [1.807, 2.05) is 12.1 Å². The van der Waals surface area contributed by atoms with Crippen LogP contribution in [-0.2, 0) is 4.52 Å². The number of nitrogens with one attached hydrogen (secondary N) is 1. The SMILES string of the molecule is CCO[PH](O)(O)N1CCCNC1=Nc1ccc(C2CCCCC2)cc1. The molecule has 1 saturated heterocycles. The van der Waals surface area contributed by atoms with Gasteiger partial charge in [-0.15, -0.1) is 0 Å². The van der Waals surface area contributed by atoms with E-state index in [9.17, 15) is 9.79 Å². The Morgan fingerprint density at radius 3 is 2.56 bits per heavy atom. The summed E-state index contributed by atoms with van der Waals surface area (Å²) < 4.78 is 6.69. The Morgan fingerprint density at radius 2 is 1.88 bits per heavy atom. The molecule has 7 heteroatoms. The first-order chi connectivity index (χ1) is 12.1. The molecule has 0 atom stereocenters. The van der Waals surface area contributed by atoms with E-state index in [-0.39, 0.29) is 6.61 Å². The molecular weight excluding hydrogens is 337 g/mol. The topological polar surface area (TPSA) is 77.3 Å². The molecule has 140 valence electrons. The summed E-state index contributed by atoms with van der Waals surface area (Å²) in [5.74, 6) is 1.16. The van der Waals surface area contributed by atoms with Gasteiger partial charge in [0.05, 0.1) is 0 Å². The van der Waals surface area contributed by atoms with Crippen molar-refractivity contribution in [2.45, 2.75) is 51.4 Å². The van der Waals surface area contributed by atoms with Gasteiger partial charge in [0.25, 0.3) is 0 Å². The van der Waals surface area contributed by atoms with Crippen molar-refractivity contribution in [1.29, 1.82) is 0 Å². The zero-order valence-electron chi connectivity index (χ0n) is 14.9. The molecule has 1 aromatic carbocycles. The first-order valence-electron chi connectivity index (χ1n) is 9.39. The predicted octanol–water partition coefficient (Wildman–Crippen LogP) is 3.45. The number of benzene rings is 1. The molecule has 3 N–H and O–H groups in total. The molecule has 0 amide bonds. The second-order valence-corrected chi connectivity index (χ2v) is 8.78. The van der Waals surface area contributed by atoms with Gasteiger partial charge in [0.2, 0.25) is 0 Å². The molecule has 1 heterocycles. The molecule has 3 rings (SSSR count). The van der Waals surface area contributed by atoms with Gasteiger partial charge in [0.15, 0.2) is 0 Å². The van der Waals surface area contributed by atoms with Gasteiger partial charge in [-0.3, -0.25) is 0 Å². The summed E-state index contributed by atoms with van der Waals surface area (Å²) >= 11 is 0. The number of nitrogens with zero attached hydrogens (tertiary/aromatic N) is 2. The fourth-order valence-electron chi connectivity index (χ4n) is 3.67. The molecule has 1 saturated carbocycles. The van der Waals surface area contributed by atoms with E-state index in [2.05, 4.69) is 22.4 Å². The first kappa shape index (κ1) is 18.6. The van der Waals surface area contributed by atoms with Crippen LogP contribution in [0.15, 0.2) is 29.3 Å². The molecule has 0 radical (unpaired) electrons. The van der Waals surface area contributed by atoms with Crippen molar-refractivity contribution in [2.24, 2.45) is 4.99 Å². The Labute approximate surface area is 150 Å². The Kier molecular flexibility index (Phi) is 6.29. The van der Waals surface area contributed by atoms with Crippen molar-refractivity contribution in [1.82, 2.24) is 9.99 Å². The molecule has 0 unspecified atom stereocenters. The van der Waals surface area contributed by atoms with Crippen LogP contribution in [0.4, 0.5) is 5.69 Å². The third kappa shape index (κ3) is 4.70. The summed E-state index contributed by atoms with van der Waals surface area (Å²) in [5, 5.41) is 3.17. The number of guanidine groups is 1. The van der Waals surface area contributed by atoms with E-state index in [0.717, 1.165) is 18.7 Å². The molecule has 1 aliphatic heterocycles. The van der Waals surface area contributed by atoms with Crippen LogP contribution >= 0.6 is 8.09 Å². The second-order valence-electron chi connectivity index (χ2n) is 6.80. The van der Waals surface area contributed by atoms with E-state index in [0.29, 0.717) is 18.4 Å². The van der Waals surface area contributed by atoms with Crippen LogP contribution in [0.1, 0.15) is 56.9 Å². The summed E-state index contributed by atoms with van der Waals surface area (Å²) in [6.07, 6.45) is 7.39. The van der Waals surface area contributed by atoms with E-state index >= 15 is 0 Å². The van der Waals surface area contributed by atoms with Gasteiger partial charge >= 0.3 is 150 Å². The van der Waals surface area contributed by atoms with Crippen LogP contribution in [0.2, 0.25) is 0 Å². The molecule has 1 aliphatic carbocycles. The van der Waals surface area contributed by atoms with Gasteiger partial charge in [-0.25, -0.2) is 0 Å². The zero-order valence-corrected chi connectivity index (χ0v) is 15.9. The molecule has 6 nitrogen and oxygen atoms in total. The van der Waals surface area contributed by atoms with Gasteiger partial charge < -0.3 is 0 Å². The van der Waals surface area contributed by atoms with Crippen LogP contribution in [0.5, 0.6) is 0 Å². The molecule has 1 aromatic rings. The summed E-state index contributed by atoms with van der Waals surface area (Å²) in [4.78, 5) is 25.2. The van der Waals surface area contributed by atoms with Crippen LogP contribution in [0, 0.1) is 0 Å². The van der Waals surface area contributed by atoms with Crippen molar-refractivity contribution in [3.8, 4) is 0 Å². The molecular formula is C18H30N3O3P. The Hall–Kier alpha value is -1.20. The molecule has 0 spiro atoms. The van der Waals surface area contributed by atoms with Gasteiger partial charge in [0.1, 0.15) is 0 Å². The number of hydrogen-bond acceptors (Lipinski definition) is 4. The summed E-state index contributed by atoms with van der Waals surface area (Å²) in [6.45, 7) is 3.32. The van der Waals surface area contributed by atoms with Crippen molar-refractivity contribution >= 4 is 19.7 Å². The van der Waals surface area contributed by atoms with Crippen LogP contribution in [0.25, 0.3) is 0 Å². The van der Waals surface area contributed by atoms with Crippen molar-refractivity contribution in [2.75, 3.05) is 19.7 Å². The predicted molar refractivity (Wildman–Crippen MR) is 103 cm³/mol. The van der Waals surface area contributed by atoms with E-state index in [4.69, 9.17) is 4.52 Å². The van der Waals surface area contributed by atoms with Crippen molar-refractivity contribution < 1.29 is 14.3 Å². The minimum atomic E-state index is -3.92. The van der Waals surface area contributed by atoms with E-state index in [1.54, 1.807) is 6.92 Å². The second kappa shape index (κ2) is 8.45. The van der Waals surface area contributed by atoms with Gasteiger partial charge in [-0.1, -0.05) is 0 Å². The molecule has 0 bridgehead atoms. The maximum atomic E-state index is 10.3. The number of aliphatic imine (C=N–C) groups is 1. The van der Waals surface area contributed by atoms with Crippen LogP contribution in [-0.4, -0.2) is 40.1 Å². The Morgan fingerprint density at radius 1 is 1.16 bits per heavy atom. The number of rotatable bonds is 5. The van der Waals surface area contributed by atoms with Crippen molar-refractivity contribution in [3.63, 3.8) is 0 Å². The Balaban J connectivity index is 1.75. The average Bonchev–Trinajstić information content (AvgIpc) is 2.63. The normalized spacial score (nSPS) is 22.0. The maximum absolute atomic E-state index is 10.3. The zero-order chi connectivity index (χ0) is 17.7. The van der Waals surface area contributed by atoms with Gasteiger partial charge in [0, 0.05) is 0 Å². The molecule has 0 aromatic heterocycles. The average molecular weight is 367 g/mol. The molecule has 25 heavy (non-hydrogen) atoms. The fraction of sp³-hybridized carbons (Fsp3) is 0.611. The number of hydrogen-bond donors (Lipinski definition) is 3. The van der Waals surface area contributed by atoms with Gasteiger partial charge in [-0.05, 0) is 0 Å². The Bertz CT molecular complexity index is 586. The third-order valence-electron chi connectivity index (χ3n) is 4.99. The summed E-state index contributed by atoms with van der Waals surface area (Å²) in [5.41, 5.74) is 2.20. The van der Waals surface area contributed by atoms with Crippen LogP contribution < -0.4 is 5.32 Å². The summed E-state index contributed by atoms with van der Waals surface area (Å²) in [7, 11) is -3.92. The van der Waals surface area contributed by atoms with E-state index < -0.39 is 8.09 Å². The molecule has 2 aliphatic rings. The van der Waals surface area contributed by atoms with Crippen molar-refractivity contribution in [3.05, 3.63) is 29.8 Å². The minimum absolute atomic E-state index is 0.263. The standard InChI is InChI=1S/C18H30N3O3P/c1-2-24-25(22,23)21-14-6-13-19-18(21)20-17-11-9-16(10-12-17)15-7-4-3-5-8-15/h9-12,15,22-23,25H,2-8,13-14H2,1H3,(H,19,20). The quantitative estimate of drug-likeness (QED) is 0.695. The molecule has 2 fully saturated rings. The summed E-state index contributed by atoms with van der Waals surface area (Å²) in [6, 6.07) is 8.36. The van der Waals surface area contributed by atoms with E-state index in [1.165, 1.54) is 42.3 Å². The van der Waals surface area contributed by atoms with Crippen LogP contribution in [0.3, 0.4) is 0 Å².